The van der Waals surface area contributed by atoms with E-state index < -0.39 is 0 Å². The summed E-state index contributed by atoms with van der Waals surface area (Å²) in [7, 11) is 0. The molecule has 0 spiro atoms. The van der Waals surface area contributed by atoms with Crippen LogP contribution in [0.1, 0.15) is 22.8 Å². The van der Waals surface area contributed by atoms with Crippen molar-refractivity contribution in [2.75, 3.05) is 5.32 Å². The van der Waals surface area contributed by atoms with Crippen molar-refractivity contribution in [2.24, 2.45) is 0 Å². The highest BCUT2D eigenvalue weighted by atomic mass is 32.1. The number of benzene rings is 1. The van der Waals surface area contributed by atoms with Gasteiger partial charge in [0.15, 0.2) is 0 Å². The van der Waals surface area contributed by atoms with Gasteiger partial charge in [-0.2, -0.15) is 11.3 Å². The van der Waals surface area contributed by atoms with E-state index in [1.54, 1.807) is 35.6 Å². The summed E-state index contributed by atoms with van der Waals surface area (Å²) < 4.78 is 0. The van der Waals surface area contributed by atoms with Crippen molar-refractivity contribution < 1.29 is 9.59 Å². The topological polar surface area (TPSA) is 58.2 Å². The maximum atomic E-state index is 12.1. The van der Waals surface area contributed by atoms with Gasteiger partial charge in [-0.25, -0.2) is 0 Å². The highest BCUT2D eigenvalue weighted by molar-refractivity contribution is 7.07. The minimum atomic E-state index is -0.106. The first-order chi connectivity index (χ1) is 9.69. The Labute approximate surface area is 121 Å². The number of hydrogen-bond acceptors (Lipinski definition) is 3. The van der Waals surface area contributed by atoms with Gasteiger partial charge in [-0.15, -0.1) is 0 Å². The van der Waals surface area contributed by atoms with E-state index >= 15 is 0 Å². The number of nitrogens with one attached hydrogen (secondary N) is 2. The second-order valence-corrected chi connectivity index (χ2v) is 5.33. The molecule has 2 aromatic rings. The van der Waals surface area contributed by atoms with Gasteiger partial charge in [-0.1, -0.05) is 0 Å². The Morgan fingerprint density at radius 2 is 2.05 bits per heavy atom. The minimum Gasteiger partial charge on any atom is -0.349 e. The Bertz CT molecular complexity index is 564. The molecule has 2 amide bonds. The van der Waals surface area contributed by atoms with E-state index in [1.165, 1.54) is 5.56 Å². The molecule has 5 heteroatoms. The average Bonchev–Trinajstić information content (AvgIpc) is 2.92. The number of rotatable bonds is 6. The first kappa shape index (κ1) is 14.3. The summed E-state index contributed by atoms with van der Waals surface area (Å²) in [6.07, 6.45) is 1.43. The number of anilines is 1. The molecule has 0 aliphatic rings. The van der Waals surface area contributed by atoms with Crippen LogP contribution in [0.3, 0.4) is 0 Å². The maximum Gasteiger partial charge on any atom is 0.251 e. The number of carbonyl (C=O) groups is 2. The largest absolute Gasteiger partial charge is 0.349 e. The third-order valence-corrected chi connectivity index (χ3v) is 3.60. The fraction of sp³-hybridized carbons (Fsp3) is 0.200. The Balaban J connectivity index is 1.92. The molecule has 1 heterocycles. The lowest BCUT2D eigenvalue weighted by molar-refractivity contribution is -0.105. The molecule has 1 aromatic carbocycles. The van der Waals surface area contributed by atoms with E-state index in [0.29, 0.717) is 17.7 Å². The van der Waals surface area contributed by atoms with Crippen molar-refractivity contribution in [2.45, 2.75) is 19.4 Å². The summed E-state index contributed by atoms with van der Waals surface area (Å²) in [5, 5.41) is 9.61. The van der Waals surface area contributed by atoms with Crippen LogP contribution in [0.5, 0.6) is 0 Å². The van der Waals surface area contributed by atoms with E-state index in [2.05, 4.69) is 22.1 Å². The monoisotopic (exact) mass is 288 g/mol. The molecule has 0 aliphatic heterocycles. The van der Waals surface area contributed by atoms with E-state index in [1.807, 2.05) is 12.3 Å². The maximum absolute atomic E-state index is 12.1. The molecule has 1 atom stereocenters. The molecular formula is C15H16N2O2S. The number of thiophene rings is 1. The van der Waals surface area contributed by atoms with E-state index in [4.69, 9.17) is 0 Å². The molecule has 104 valence electrons. The SMILES string of the molecule is C[C@H](Cc1ccsc1)NC(=O)c1ccc(NC=O)cc1. The fourth-order valence-electron chi connectivity index (χ4n) is 1.91. The Hall–Kier alpha value is -2.14. The van der Waals surface area contributed by atoms with Crippen molar-refractivity contribution in [3.05, 3.63) is 52.2 Å². The number of amides is 2. The molecule has 2 N–H and O–H groups in total. The highest BCUT2D eigenvalue weighted by Crippen LogP contribution is 2.11. The van der Waals surface area contributed by atoms with E-state index in [9.17, 15) is 9.59 Å². The second kappa shape index (κ2) is 6.86. The third kappa shape index (κ3) is 3.93. The molecule has 0 unspecified atom stereocenters. The predicted molar refractivity (Wildman–Crippen MR) is 81.1 cm³/mol. The average molecular weight is 288 g/mol. The lowest BCUT2D eigenvalue weighted by Gasteiger charge is -2.13. The molecule has 0 fully saturated rings. The molecule has 0 saturated heterocycles. The summed E-state index contributed by atoms with van der Waals surface area (Å²) in [6, 6.07) is 8.93. The van der Waals surface area contributed by atoms with Crippen molar-refractivity contribution in [3.63, 3.8) is 0 Å². The van der Waals surface area contributed by atoms with E-state index in [0.717, 1.165) is 6.42 Å². The van der Waals surface area contributed by atoms with Crippen LogP contribution in [0.25, 0.3) is 0 Å². The van der Waals surface area contributed by atoms with Gasteiger partial charge in [-0.3, -0.25) is 9.59 Å². The second-order valence-electron chi connectivity index (χ2n) is 4.55. The van der Waals surface area contributed by atoms with Gasteiger partial charge in [0.25, 0.3) is 5.91 Å². The van der Waals surface area contributed by atoms with Crippen LogP contribution < -0.4 is 10.6 Å². The molecule has 4 nitrogen and oxygen atoms in total. The molecule has 20 heavy (non-hydrogen) atoms. The third-order valence-electron chi connectivity index (χ3n) is 2.87. The Morgan fingerprint density at radius 1 is 1.30 bits per heavy atom. The van der Waals surface area contributed by atoms with Crippen molar-refractivity contribution in [1.82, 2.24) is 5.32 Å². The zero-order valence-electron chi connectivity index (χ0n) is 11.1. The molecule has 0 aliphatic carbocycles. The van der Waals surface area contributed by atoms with Crippen molar-refractivity contribution in [1.29, 1.82) is 0 Å². The van der Waals surface area contributed by atoms with Crippen LogP contribution in [-0.4, -0.2) is 18.4 Å². The summed E-state index contributed by atoms with van der Waals surface area (Å²) in [6.45, 7) is 1.98. The van der Waals surface area contributed by atoms with Gasteiger partial charge in [0.2, 0.25) is 6.41 Å². The Kier molecular flexibility index (Phi) is 4.90. The summed E-state index contributed by atoms with van der Waals surface area (Å²) in [4.78, 5) is 22.4. The van der Waals surface area contributed by atoms with Gasteiger partial charge < -0.3 is 10.6 Å². The predicted octanol–water partition coefficient (Wildman–Crippen LogP) is 2.68. The van der Waals surface area contributed by atoms with Gasteiger partial charge >= 0.3 is 0 Å². The van der Waals surface area contributed by atoms with E-state index in [-0.39, 0.29) is 11.9 Å². The Morgan fingerprint density at radius 3 is 2.65 bits per heavy atom. The first-order valence-corrected chi connectivity index (χ1v) is 7.25. The lowest BCUT2D eigenvalue weighted by atomic mass is 10.1. The molecule has 0 saturated carbocycles. The summed E-state index contributed by atoms with van der Waals surface area (Å²) >= 11 is 1.65. The molecular weight excluding hydrogens is 272 g/mol. The quantitative estimate of drug-likeness (QED) is 0.803. The minimum absolute atomic E-state index is 0.0740. The zero-order valence-corrected chi connectivity index (χ0v) is 11.9. The molecule has 0 radical (unpaired) electrons. The van der Waals surface area contributed by atoms with Crippen LogP contribution in [0.2, 0.25) is 0 Å². The molecule has 2 rings (SSSR count). The smallest absolute Gasteiger partial charge is 0.251 e. The summed E-state index contributed by atoms with van der Waals surface area (Å²) in [5.41, 5.74) is 2.48. The number of carbonyl (C=O) groups excluding carboxylic acids is 2. The van der Waals surface area contributed by atoms with Crippen molar-refractivity contribution in [3.8, 4) is 0 Å². The standard InChI is InChI=1S/C15H16N2O2S/c1-11(8-12-6-7-20-9-12)17-15(19)13-2-4-14(5-3-13)16-10-18/h2-7,9-11H,8H2,1H3,(H,16,18)(H,17,19)/t11-/m1/s1. The molecule has 1 aromatic heterocycles. The van der Waals surface area contributed by atoms with Crippen LogP contribution in [0.15, 0.2) is 41.1 Å². The lowest BCUT2D eigenvalue weighted by Crippen LogP contribution is -2.33. The van der Waals surface area contributed by atoms with Crippen molar-refractivity contribution >= 4 is 29.3 Å². The van der Waals surface area contributed by atoms with Crippen LogP contribution in [0, 0.1) is 0 Å². The highest BCUT2D eigenvalue weighted by Gasteiger charge is 2.10. The van der Waals surface area contributed by atoms with Crippen LogP contribution in [0.4, 0.5) is 5.69 Å². The van der Waals surface area contributed by atoms with Gasteiger partial charge in [0.05, 0.1) is 0 Å². The number of hydrogen-bond donors (Lipinski definition) is 2. The van der Waals surface area contributed by atoms with Crippen LogP contribution in [-0.2, 0) is 11.2 Å². The van der Waals surface area contributed by atoms with Gasteiger partial charge in [-0.05, 0) is 60.0 Å². The zero-order chi connectivity index (χ0) is 14.4. The first-order valence-electron chi connectivity index (χ1n) is 6.31. The fourth-order valence-corrected chi connectivity index (χ4v) is 2.59. The molecule has 0 bridgehead atoms. The van der Waals surface area contributed by atoms with Crippen LogP contribution >= 0.6 is 11.3 Å². The summed E-state index contributed by atoms with van der Waals surface area (Å²) in [5.74, 6) is -0.106. The van der Waals surface area contributed by atoms with Gasteiger partial charge in [0, 0.05) is 17.3 Å². The van der Waals surface area contributed by atoms with Gasteiger partial charge in [0.1, 0.15) is 0 Å². The normalized spacial score (nSPS) is 11.7.